The molecule has 100 valence electrons. The lowest BCUT2D eigenvalue weighted by molar-refractivity contribution is 0.102. The van der Waals surface area contributed by atoms with Crippen molar-refractivity contribution >= 4 is 44.9 Å². The highest BCUT2D eigenvalue weighted by atomic mass is 79.9. The van der Waals surface area contributed by atoms with Gasteiger partial charge in [0.05, 0.1) is 16.2 Å². The van der Waals surface area contributed by atoms with Gasteiger partial charge in [0.1, 0.15) is 5.69 Å². The quantitative estimate of drug-likeness (QED) is 0.738. The number of benzene rings is 1. The maximum Gasteiger partial charge on any atom is 0.214 e. The van der Waals surface area contributed by atoms with E-state index in [9.17, 15) is 4.79 Å². The third kappa shape index (κ3) is 2.86. The molecule has 0 atom stereocenters. The van der Waals surface area contributed by atoms with Crippen LogP contribution in [-0.2, 0) is 0 Å². The van der Waals surface area contributed by atoms with E-state index in [1.54, 1.807) is 22.9 Å². The summed E-state index contributed by atoms with van der Waals surface area (Å²) in [6.07, 6.45) is 1.47. The van der Waals surface area contributed by atoms with Crippen LogP contribution in [0.1, 0.15) is 35.9 Å². The van der Waals surface area contributed by atoms with Crippen LogP contribution in [0.5, 0.6) is 0 Å². The van der Waals surface area contributed by atoms with Gasteiger partial charge in [0.2, 0.25) is 5.78 Å². The SMILES string of the molecule is CC(C)n1ncc(Cl)c1C(=O)c1cc(Br)ccc1Cl. The fourth-order valence-corrected chi connectivity index (χ4v) is 2.52. The number of aromatic nitrogens is 2. The molecule has 3 nitrogen and oxygen atoms in total. The topological polar surface area (TPSA) is 34.9 Å². The minimum atomic E-state index is -0.234. The largest absolute Gasteiger partial charge is 0.287 e. The summed E-state index contributed by atoms with van der Waals surface area (Å²) >= 11 is 15.5. The zero-order valence-corrected chi connectivity index (χ0v) is 13.4. The molecule has 0 spiro atoms. The van der Waals surface area contributed by atoms with Crippen molar-refractivity contribution < 1.29 is 4.79 Å². The van der Waals surface area contributed by atoms with E-state index in [0.717, 1.165) is 4.47 Å². The second kappa shape index (κ2) is 5.65. The van der Waals surface area contributed by atoms with Gasteiger partial charge in [-0.25, -0.2) is 0 Å². The zero-order chi connectivity index (χ0) is 14.2. The molecule has 0 unspecified atom stereocenters. The molecule has 1 aromatic heterocycles. The average Bonchev–Trinajstić information content (AvgIpc) is 2.73. The first-order chi connectivity index (χ1) is 8.91. The van der Waals surface area contributed by atoms with Crippen LogP contribution in [-0.4, -0.2) is 15.6 Å². The molecule has 0 aliphatic rings. The minimum absolute atomic E-state index is 0.0392. The number of nitrogens with zero attached hydrogens (tertiary/aromatic N) is 2. The normalized spacial score (nSPS) is 11.1. The molecule has 1 aromatic carbocycles. The van der Waals surface area contributed by atoms with E-state index in [4.69, 9.17) is 23.2 Å². The lowest BCUT2D eigenvalue weighted by Crippen LogP contribution is -2.14. The van der Waals surface area contributed by atoms with Crippen molar-refractivity contribution in [3.63, 3.8) is 0 Å². The van der Waals surface area contributed by atoms with E-state index in [1.165, 1.54) is 6.20 Å². The molecule has 0 N–H and O–H groups in total. The first-order valence-corrected chi connectivity index (χ1v) is 7.19. The molecular formula is C13H11BrCl2N2O. The van der Waals surface area contributed by atoms with Gasteiger partial charge in [0.25, 0.3) is 0 Å². The molecule has 0 saturated carbocycles. The summed E-state index contributed by atoms with van der Waals surface area (Å²) in [5, 5.41) is 4.84. The molecule has 0 aliphatic heterocycles. The summed E-state index contributed by atoms with van der Waals surface area (Å²) in [6, 6.07) is 5.17. The van der Waals surface area contributed by atoms with Crippen LogP contribution < -0.4 is 0 Å². The number of hydrogen-bond donors (Lipinski definition) is 0. The van der Waals surface area contributed by atoms with E-state index in [1.807, 2.05) is 13.8 Å². The van der Waals surface area contributed by atoms with E-state index >= 15 is 0 Å². The van der Waals surface area contributed by atoms with Crippen molar-refractivity contribution in [1.82, 2.24) is 9.78 Å². The van der Waals surface area contributed by atoms with Gasteiger partial charge in [0, 0.05) is 16.1 Å². The van der Waals surface area contributed by atoms with E-state index in [0.29, 0.717) is 21.3 Å². The molecule has 0 fully saturated rings. The summed E-state index contributed by atoms with van der Waals surface area (Å²) in [5.41, 5.74) is 0.761. The van der Waals surface area contributed by atoms with Crippen molar-refractivity contribution in [3.8, 4) is 0 Å². The summed E-state index contributed by atoms with van der Waals surface area (Å²) < 4.78 is 2.38. The third-order valence-corrected chi connectivity index (χ3v) is 3.73. The number of halogens is 3. The van der Waals surface area contributed by atoms with Crippen molar-refractivity contribution in [2.75, 3.05) is 0 Å². The number of hydrogen-bond acceptors (Lipinski definition) is 2. The summed E-state index contributed by atoms with van der Waals surface area (Å²) in [6.45, 7) is 3.87. The van der Waals surface area contributed by atoms with Crippen LogP contribution in [0.15, 0.2) is 28.9 Å². The van der Waals surface area contributed by atoms with E-state index in [2.05, 4.69) is 21.0 Å². The average molecular weight is 362 g/mol. The highest BCUT2D eigenvalue weighted by Gasteiger charge is 2.22. The molecule has 19 heavy (non-hydrogen) atoms. The number of ketones is 1. The van der Waals surface area contributed by atoms with Crippen molar-refractivity contribution in [2.24, 2.45) is 0 Å². The lowest BCUT2D eigenvalue weighted by atomic mass is 10.1. The second-order valence-electron chi connectivity index (χ2n) is 4.33. The first-order valence-electron chi connectivity index (χ1n) is 5.64. The summed E-state index contributed by atoms with van der Waals surface area (Å²) in [7, 11) is 0. The van der Waals surface area contributed by atoms with Crippen molar-refractivity contribution in [1.29, 1.82) is 0 Å². The fourth-order valence-electron chi connectivity index (χ4n) is 1.74. The third-order valence-electron chi connectivity index (χ3n) is 2.63. The van der Waals surface area contributed by atoms with Crippen molar-refractivity contribution in [3.05, 3.63) is 50.2 Å². The minimum Gasteiger partial charge on any atom is -0.287 e. The number of carbonyl (C=O) groups excluding carboxylic acids is 1. The molecule has 0 aliphatic carbocycles. The van der Waals surface area contributed by atoms with Gasteiger partial charge in [0.15, 0.2) is 0 Å². The Kier molecular flexibility index (Phi) is 4.33. The van der Waals surface area contributed by atoms with E-state index in [-0.39, 0.29) is 11.8 Å². The van der Waals surface area contributed by atoms with Gasteiger partial charge >= 0.3 is 0 Å². The predicted molar refractivity (Wildman–Crippen MR) is 80.2 cm³/mol. The smallest absolute Gasteiger partial charge is 0.214 e. The Bertz CT molecular complexity index is 638. The Labute approximate surface area is 129 Å². The molecule has 0 bridgehead atoms. The predicted octanol–water partition coefficient (Wildman–Crippen LogP) is 4.76. The fraction of sp³-hybridized carbons (Fsp3) is 0.231. The van der Waals surface area contributed by atoms with Gasteiger partial charge in [-0.15, -0.1) is 0 Å². The molecule has 0 saturated heterocycles. The van der Waals surface area contributed by atoms with Gasteiger partial charge in [-0.1, -0.05) is 39.1 Å². The van der Waals surface area contributed by atoms with Crippen LogP contribution in [0.2, 0.25) is 10.0 Å². The molecule has 0 radical (unpaired) electrons. The van der Waals surface area contributed by atoms with Gasteiger partial charge < -0.3 is 0 Å². The Morgan fingerprint density at radius 3 is 2.63 bits per heavy atom. The van der Waals surface area contributed by atoms with Crippen LogP contribution >= 0.6 is 39.1 Å². The Morgan fingerprint density at radius 2 is 2.00 bits per heavy atom. The highest BCUT2D eigenvalue weighted by molar-refractivity contribution is 9.10. The van der Waals surface area contributed by atoms with Crippen LogP contribution in [0, 0.1) is 0 Å². The molecule has 2 rings (SSSR count). The monoisotopic (exact) mass is 360 g/mol. The molecule has 1 heterocycles. The van der Waals surface area contributed by atoms with Crippen LogP contribution in [0.3, 0.4) is 0 Å². The van der Waals surface area contributed by atoms with Crippen LogP contribution in [0.25, 0.3) is 0 Å². The van der Waals surface area contributed by atoms with Gasteiger partial charge in [-0.05, 0) is 32.0 Å². The highest BCUT2D eigenvalue weighted by Crippen LogP contribution is 2.27. The number of rotatable bonds is 3. The molecule has 6 heteroatoms. The Hall–Kier alpha value is -0.840. The standard InChI is InChI=1S/C13H11BrCl2N2O/c1-7(2)18-12(11(16)6-17-18)13(19)9-5-8(14)3-4-10(9)15/h3-7H,1-2H3. The second-order valence-corrected chi connectivity index (χ2v) is 6.06. The summed E-state index contributed by atoms with van der Waals surface area (Å²) in [4.78, 5) is 12.6. The Balaban J connectivity index is 2.56. The lowest BCUT2D eigenvalue weighted by Gasteiger charge is -2.11. The maximum absolute atomic E-state index is 12.6. The first kappa shape index (κ1) is 14.6. The van der Waals surface area contributed by atoms with Crippen LogP contribution in [0.4, 0.5) is 0 Å². The Morgan fingerprint density at radius 1 is 1.32 bits per heavy atom. The number of carbonyl (C=O) groups is 1. The molecule has 2 aromatic rings. The van der Waals surface area contributed by atoms with Gasteiger partial charge in [-0.2, -0.15) is 5.10 Å². The summed E-state index contributed by atoms with van der Waals surface area (Å²) in [5.74, 6) is -0.234. The van der Waals surface area contributed by atoms with E-state index < -0.39 is 0 Å². The van der Waals surface area contributed by atoms with Crippen molar-refractivity contribution in [2.45, 2.75) is 19.9 Å². The zero-order valence-electron chi connectivity index (χ0n) is 10.3. The van der Waals surface area contributed by atoms with Gasteiger partial charge in [-0.3, -0.25) is 9.48 Å². The molecule has 0 amide bonds. The maximum atomic E-state index is 12.6. The molecular weight excluding hydrogens is 351 g/mol.